The zero-order valence-corrected chi connectivity index (χ0v) is 12.7. The molecule has 116 valence electrons. The molecule has 2 aromatic heterocycles. The predicted molar refractivity (Wildman–Crippen MR) is 88.5 cm³/mol. The molecule has 0 saturated heterocycles. The van der Waals surface area contributed by atoms with Crippen LogP contribution in [0.2, 0.25) is 5.15 Å². The quantitative estimate of drug-likeness (QED) is 0.643. The monoisotopic (exact) mass is 328 g/mol. The van der Waals surface area contributed by atoms with Crippen LogP contribution < -0.4 is 10.6 Å². The van der Waals surface area contributed by atoms with Crippen LogP contribution in [0.1, 0.15) is 10.5 Å². The van der Waals surface area contributed by atoms with Crippen LogP contribution >= 0.6 is 11.6 Å². The molecule has 7 heteroatoms. The molecule has 0 atom stereocenters. The van der Waals surface area contributed by atoms with Gasteiger partial charge >= 0.3 is 0 Å². The van der Waals surface area contributed by atoms with Crippen molar-refractivity contribution in [3.63, 3.8) is 0 Å². The van der Waals surface area contributed by atoms with Gasteiger partial charge in [0.1, 0.15) is 10.8 Å². The average molecular weight is 329 g/mol. The SMILES string of the molecule is O=C(CNC(=O)c1cc2cc(Cl)ncc2[nH]1)Nc1ccccc1. The van der Waals surface area contributed by atoms with E-state index in [1.807, 2.05) is 18.2 Å². The number of anilines is 1. The van der Waals surface area contributed by atoms with Crippen molar-refractivity contribution in [2.45, 2.75) is 0 Å². The van der Waals surface area contributed by atoms with Crippen LogP contribution in [-0.4, -0.2) is 28.3 Å². The molecular formula is C16H13ClN4O2. The lowest BCUT2D eigenvalue weighted by Crippen LogP contribution is -2.33. The number of rotatable bonds is 4. The molecule has 0 fully saturated rings. The van der Waals surface area contributed by atoms with E-state index in [9.17, 15) is 9.59 Å². The molecule has 0 radical (unpaired) electrons. The number of benzene rings is 1. The molecule has 0 aliphatic rings. The summed E-state index contributed by atoms with van der Waals surface area (Å²) in [5.41, 5.74) is 1.72. The lowest BCUT2D eigenvalue weighted by atomic mass is 10.3. The molecule has 0 aliphatic carbocycles. The van der Waals surface area contributed by atoms with Gasteiger partial charge in [0.25, 0.3) is 5.91 Å². The average Bonchev–Trinajstić information content (AvgIpc) is 2.96. The Morgan fingerprint density at radius 1 is 1.17 bits per heavy atom. The first-order chi connectivity index (χ1) is 11.1. The van der Waals surface area contributed by atoms with Crippen LogP contribution in [0.4, 0.5) is 5.69 Å². The van der Waals surface area contributed by atoms with Gasteiger partial charge in [0.15, 0.2) is 0 Å². The molecule has 2 heterocycles. The number of hydrogen-bond donors (Lipinski definition) is 3. The smallest absolute Gasteiger partial charge is 0.268 e. The van der Waals surface area contributed by atoms with Crippen molar-refractivity contribution in [2.75, 3.05) is 11.9 Å². The number of nitrogens with one attached hydrogen (secondary N) is 3. The fourth-order valence-electron chi connectivity index (χ4n) is 2.11. The second-order valence-electron chi connectivity index (χ2n) is 4.87. The van der Waals surface area contributed by atoms with Crippen molar-refractivity contribution in [1.29, 1.82) is 0 Å². The number of aromatic amines is 1. The third kappa shape index (κ3) is 3.67. The minimum absolute atomic E-state index is 0.123. The highest BCUT2D eigenvalue weighted by atomic mass is 35.5. The van der Waals surface area contributed by atoms with Crippen LogP contribution in [0.5, 0.6) is 0 Å². The standard InChI is InChI=1S/C16H13ClN4O2/c17-14-7-10-6-12(21-13(10)8-18-14)16(23)19-9-15(22)20-11-4-2-1-3-5-11/h1-8,21H,9H2,(H,19,23)(H,20,22). The minimum atomic E-state index is -0.375. The number of aromatic nitrogens is 2. The van der Waals surface area contributed by atoms with Gasteiger partial charge in [-0.25, -0.2) is 4.98 Å². The number of carbonyl (C=O) groups excluding carboxylic acids is 2. The second kappa shape index (κ2) is 6.50. The largest absolute Gasteiger partial charge is 0.349 e. The van der Waals surface area contributed by atoms with Crippen LogP contribution in [0, 0.1) is 0 Å². The van der Waals surface area contributed by atoms with E-state index in [1.165, 1.54) is 0 Å². The van der Waals surface area contributed by atoms with Crippen LogP contribution in [0.25, 0.3) is 10.9 Å². The first-order valence-electron chi connectivity index (χ1n) is 6.89. The van der Waals surface area contributed by atoms with E-state index in [0.29, 0.717) is 22.1 Å². The van der Waals surface area contributed by atoms with Gasteiger partial charge < -0.3 is 15.6 Å². The fourth-order valence-corrected chi connectivity index (χ4v) is 2.28. The highest BCUT2D eigenvalue weighted by Gasteiger charge is 2.11. The zero-order valence-electron chi connectivity index (χ0n) is 12.0. The normalized spacial score (nSPS) is 10.5. The second-order valence-corrected chi connectivity index (χ2v) is 5.26. The highest BCUT2D eigenvalue weighted by molar-refractivity contribution is 6.30. The Morgan fingerprint density at radius 2 is 1.96 bits per heavy atom. The summed E-state index contributed by atoms with van der Waals surface area (Å²) in [6, 6.07) is 12.4. The Hall–Kier alpha value is -2.86. The summed E-state index contributed by atoms with van der Waals surface area (Å²) in [5.74, 6) is -0.675. The molecule has 0 unspecified atom stereocenters. The van der Waals surface area contributed by atoms with Gasteiger partial charge in [0.2, 0.25) is 5.91 Å². The summed E-state index contributed by atoms with van der Waals surface area (Å²) in [6.07, 6.45) is 1.55. The number of fused-ring (bicyclic) bond motifs is 1. The molecule has 3 N–H and O–H groups in total. The minimum Gasteiger partial charge on any atom is -0.349 e. The van der Waals surface area contributed by atoms with Gasteiger partial charge in [0.05, 0.1) is 18.3 Å². The summed E-state index contributed by atoms with van der Waals surface area (Å²) >= 11 is 5.81. The zero-order chi connectivity index (χ0) is 16.2. The number of hydrogen-bond acceptors (Lipinski definition) is 3. The van der Waals surface area contributed by atoms with Gasteiger partial charge in [0, 0.05) is 11.1 Å². The number of carbonyl (C=O) groups is 2. The lowest BCUT2D eigenvalue weighted by Gasteiger charge is -2.05. The molecule has 0 spiro atoms. The maximum atomic E-state index is 12.1. The van der Waals surface area contributed by atoms with E-state index in [4.69, 9.17) is 11.6 Å². The third-order valence-corrected chi connectivity index (χ3v) is 3.39. The van der Waals surface area contributed by atoms with Crippen molar-refractivity contribution < 1.29 is 9.59 Å². The molecule has 3 aromatic rings. The van der Waals surface area contributed by atoms with E-state index in [0.717, 1.165) is 5.39 Å². The highest BCUT2D eigenvalue weighted by Crippen LogP contribution is 2.17. The number of halogens is 1. The number of amides is 2. The maximum absolute atomic E-state index is 12.1. The van der Waals surface area contributed by atoms with Crippen molar-refractivity contribution >= 4 is 40.0 Å². The van der Waals surface area contributed by atoms with Crippen LogP contribution in [0.15, 0.2) is 48.7 Å². The number of para-hydroxylation sites is 1. The summed E-state index contributed by atoms with van der Waals surface area (Å²) in [4.78, 5) is 30.8. The van der Waals surface area contributed by atoms with Gasteiger partial charge in [-0.2, -0.15) is 0 Å². The summed E-state index contributed by atoms with van der Waals surface area (Å²) in [5, 5.41) is 6.38. The molecular weight excluding hydrogens is 316 g/mol. The third-order valence-electron chi connectivity index (χ3n) is 3.18. The Morgan fingerprint density at radius 3 is 2.74 bits per heavy atom. The van der Waals surface area contributed by atoms with E-state index in [-0.39, 0.29) is 18.4 Å². The van der Waals surface area contributed by atoms with Crippen molar-refractivity contribution in [3.8, 4) is 0 Å². The molecule has 1 aromatic carbocycles. The molecule has 0 bridgehead atoms. The molecule has 3 rings (SSSR count). The van der Waals surface area contributed by atoms with Gasteiger partial charge in [-0.3, -0.25) is 9.59 Å². The lowest BCUT2D eigenvalue weighted by molar-refractivity contribution is -0.115. The van der Waals surface area contributed by atoms with Gasteiger partial charge in [-0.05, 0) is 24.3 Å². The molecule has 6 nitrogen and oxygen atoms in total. The van der Waals surface area contributed by atoms with Crippen molar-refractivity contribution in [2.24, 2.45) is 0 Å². The number of H-pyrrole nitrogens is 1. The Bertz CT molecular complexity index is 861. The Balaban J connectivity index is 1.61. The molecule has 0 aliphatic heterocycles. The van der Waals surface area contributed by atoms with Gasteiger partial charge in [-0.1, -0.05) is 29.8 Å². The van der Waals surface area contributed by atoms with E-state index >= 15 is 0 Å². The summed E-state index contributed by atoms with van der Waals surface area (Å²) in [6.45, 7) is -0.123. The Kier molecular flexibility index (Phi) is 4.25. The van der Waals surface area contributed by atoms with Gasteiger partial charge in [-0.15, -0.1) is 0 Å². The number of pyridine rings is 1. The van der Waals surface area contributed by atoms with E-state index < -0.39 is 0 Å². The van der Waals surface area contributed by atoms with E-state index in [1.54, 1.807) is 30.5 Å². The predicted octanol–water partition coefficient (Wildman–Crippen LogP) is 2.58. The van der Waals surface area contributed by atoms with Crippen molar-refractivity contribution in [3.05, 3.63) is 59.5 Å². The fraction of sp³-hybridized carbons (Fsp3) is 0.0625. The Labute approximate surface area is 136 Å². The molecule has 2 amide bonds. The van der Waals surface area contributed by atoms with Crippen LogP contribution in [0.3, 0.4) is 0 Å². The molecule has 23 heavy (non-hydrogen) atoms. The number of nitrogens with zero attached hydrogens (tertiary/aromatic N) is 1. The first kappa shape index (κ1) is 15.1. The summed E-state index contributed by atoms with van der Waals surface area (Å²) < 4.78 is 0. The molecule has 0 saturated carbocycles. The van der Waals surface area contributed by atoms with Crippen LogP contribution in [-0.2, 0) is 4.79 Å². The van der Waals surface area contributed by atoms with Crippen molar-refractivity contribution in [1.82, 2.24) is 15.3 Å². The first-order valence-corrected chi connectivity index (χ1v) is 7.27. The van der Waals surface area contributed by atoms with E-state index in [2.05, 4.69) is 20.6 Å². The topological polar surface area (TPSA) is 86.9 Å². The summed E-state index contributed by atoms with van der Waals surface area (Å²) in [7, 11) is 0. The maximum Gasteiger partial charge on any atom is 0.268 e.